The molecule has 0 radical (unpaired) electrons. The van der Waals surface area contributed by atoms with Crippen molar-refractivity contribution in [2.75, 3.05) is 11.9 Å². The number of amides is 1. The van der Waals surface area contributed by atoms with Gasteiger partial charge in [-0.25, -0.2) is 5.43 Å². The number of nitrogens with one attached hydrogen (secondary N) is 1. The van der Waals surface area contributed by atoms with Gasteiger partial charge in [0, 0.05) is 29.2 Å². The summed E-state index contributed by atoms with van der Waals surface area (Å²) < 4.78 is 5.56. The quantitative estimate of drug-likeness (QED) is 0.454. The van der Waals surface area contributed by atoms with Crippen LogP contribution < -0.4 is 10.3 Å². The Kier molecular flexibility index (Phi) is 4.87. The third kappa shape index (κ3) is 3.62. The molecule has 1 aliphatic rings. The molecule has 0 saturated heterocycles. The summed E-state index contributed by atoms with van der Waals surface area (Å²) in [5.74, 6) is 0.226. The van der Waals surface area contributed by atoms with Gasteiger partial charge < -0.3 is 9.32 Å². The number of halogens is 1. The molecule has 0 fully saturated rings. The first kappa shape index (κ1) is 19.5. The second-order valence-corrected chi connectivity index (χ2v) is 8.66. The van der Waals surface area contributed by atoms with Gasteiger partial charge in [0.1, 0.15) is 5.58 Å². The zero-order valence-corrected chi connectivity index (χ0v) is 17.7. The average Bonchev–Trinajstić information content (AvgIpc) is 3.11. The SMILES string of the molecule is C[C@H]1CC(C)(C)N(C)c2cc(Cl)c(/C=N/NC(=O)c3cc4ccccc4o3)cc21. The fraction of sp³-hybridized carbons (Fsp3) is 0.304. The van der Waals surface area contributed by atoms with Crippen LogP contribution in [0.2, 0.25) is 5.02 Å². The molecule has 2 aromatic carbocycles. The molecule has 5 nitrogen and oxygen atoms in total. The van der Waals surface area contributed by atoms with Gasteiger partial charge in [0.2, 0.25) is 0 Å². The Morgan fingerprint density at radius 2 is 2.07 bits per heavy atom. The largest absolute Gasteiger partial charge is 0.451 e. The van der Waals surface area contributed by atoms with Gasteiger partial charge in [-0.3, -0.25) is 4.79 Å². The first-order valence-corrected chi connectivity index (χ1v) is 10.0. The minimum absolute atomic E-state index is 0.0753. The van der Waals surface area contributed by atoms with Gasteiger partial charge in [-0.05, 0) is 56.0 Å². The number of rotatable bonds is 3. The Labute approximate surface area is 175 Å². The third-order valence-corrected chi connectivity index (χ3v) is 6.10. The van der Waals surface area contributed by atoms with Gasteiger partial charge >= 0.3 is 5.91 Å². The zero-order valence-electron chi connectivity index (χ0n) is 17.0. The fourth-order valence-electron chi connectivity index (χ4n) is 4.01. The first-order valence-electron chi connectivity index (χ1n) is 9.65. The van der Waals surface area contributed by atoms with E-state index >= 15 is 0 Å². The van der Waals surface area contributed by atoms with Crippen molar-refractivity contribution in [3.05, 3.63) is 64.4 Å². The Morgan fingerprint density at radius 1 is 1.31 bits per heavy atom. The van der Waals surface area contributed by atoms with Crippen LogP contribution >= 0.6 is 11.6 Å². The molecule has 0 aliphatic carbocycles. The molecule has 2 heterocycles. The molecule has 4 rings (SSSR count). The lowest BCUT2D eigenvalue weighted by Gasteiger charge is -2.45. The summed E-state index contributed by atoms with van der Waals surface area (Å²) in [6, 6.07) is 13.2. The average molecular weight is 410 g/mol. The van der Waals surface area contributed by atoms with E-state index in [0.29, 0.717) is 16.5 Å². The predicted molar refractivity (Wildman–Crippen MR) is 118 cm³/mol. The number of para-hydroxylation sites is 1. The first-order chi connectivity index (χ1) is 13.8. The Bertz CT molecular complexity index is 1080. The van der Waals surface area contributed by atoms with Crippen molar-refractivity contribution in [2.45, 2.75) is 38.6 Å². The molecule has 29 heavy (non-hydrogen) atoms. The number of benzene rings is 2. The van der Waals surface area contributed by atoms with E-state index in [-0.39, 0.29) is 11.3 Å². The van der Waals surface area contributed by atoms with Gasteiger partial charge in [0.25, 0.3) is 0 Å². The van der Waals surface area contributed by atoms with E-state index in [2.05, 4.69) is 49.3 Å². The van der Waals surface area contributed by atoms with E-state index in [4.69, 9.17) is 16.0 Å². The van der Waals surface area contributed by atoms with E-state index in [0.717, 1.165) is 23.1 Å². The van der Waals surface area contributed by atoms with Crippen molar-refractivity contribution in [2.24, 2.45) is 5.10 Å². The predicted octanol–water partition coefficient (Wildman–Crippen LogP) is 5.57. The zero-order chi connectivity index (χ0) is 20.8. The van der Waals surface area contributed by atoms with Crippen LogP contribution in [0, 0.1) is 0 Å². The van der Waals surface area contributed by atoms with Crippen LogP contribution in [0.15, 0.2) is 52.0 Å². The van der Waals surface area contributed by atoms with Gasteiger partial charge in [0.05, 0.1) is 11.2 Å². The highest BCUT2D eigenvalue weighted by molar-refractivity contribution is 6.33. The van der Waals surface area contributed by atoms with Gasteiger partial charge in [-0.2, -0.15) is 5.10 Å². The number of carbonyl (C=O) groups excluding carboxylic acids is 1. The second kappa shape index (κ2) is 7.23. The normalized spacial score (nSPS) is 18.2. The van der Waals surface area contributed by atoms with Crippen LogP contribution in [0.1, 0.15) is 54.8 Å². The third-order valence-electron chi connectivity index (χ3n) is 5.77. The van der Waals surface area contributed by atoms with Crippen molar-refractivity contribution < 1.29 is 9.21 Å². The molecule has 3 aromatic rings. The lowest BCUT2D eigenvalue weighted by molar-refractivity contribution is 0.0929. The van der Waals surface area contributed by atoms with Gasteiger partial charge in [-0.15, -0.1) is 0 Å². The number of nitrogens with zero attached hydrogens (tertiary/aromatic N) is 2. The Hall–Kier alpha value is -2.79. The number of hydrazone groups is 1. The molecule has 0 saturated carbocycles. The van der Waals surface area contributed by atoms with E-state index in [9.17, 15) is 4.79 Å². The minimum Gasteiger partial charge on any atom is -0.451 e. The molecule has 1 aromatic heterocycles. The lowest BCUT2D eigenvalue weighted by Crippen LogP contribution is -2.45. The number of anilines is 1. The van der Waals surface area contributed by atoms with Crippen LogP contribution in [0.5, 0.6) is 0 Å². The number of hydrogen-bond donors (Lipinski definition) is 1. The van der Waals surface area contributed by atoms with Crippen LogP contribution in [0.3, 0.4) is 0 Å². The van der Waals surface area contributed by atoms with Gasteiger partial charge in [-0.1, -0.05) is 36.7 Å². The highest BCUT2D eigenvalue weighted by Crippen LogP contribution is 2.44. The number of hydrogen-bond acceptors (Lipinski definition) is 4. The maximum atomic E-state index is 12.3. The highest BCUT2D eigenvalue weighted by atomic mass is 35.5. The van der Waals surface area contributed by atoms with Crippen molar-refractivity contribution >= 4 is 40.4 Å². The highest BCUT2D eigenvalue weighted by Gasteiger charge is 2.34. The topological polar surface area (TPSA) is 57.8 Å². The van der Waals surface area contributed by atoms with Crippen molar-refractivity contribution in [3.8, 4) is 0 Å². The van der Waals surface area contributed by atoms with Crippen molar-refractivity contribution in [1.82, 2.24) is 5.43 Å². The maximum Gasteiger partial charge on any atom is 0.307 e. The fourth-order valence-corrected chi connectivity index (χ4v) is 4.22. The number of fused-ring (bicyclic) bond motifs is 2. The molecule has 0 spiro atoms. The van der Waals surface area contributed by atoms with E-state index < -0.39 is 5.91 Å². The Balaban J connectivity index is 1.54. The van der Waals surface area contributed by atoms with E-state index in [1.807, 2.05) is 30.3 Å². The van der Waals surface area contributed by atoms with E-state index in [1.165, 1.54) is 5.56 Å². The lowest BCUT2D eigenvalue weighted by atomic mass is 9.80. The summed E-state index contributed by atoms with van der Waals surface area (Å²) >= 11 is 6.50. The van der Waals surface area contributed by atoms with Crippen LogP contribution in [0.25, 0.3) is 11.0 Å². The molecule has 6 heteroatoms. The summed E-state index contributed by atoms with van der Waals surface area (Å²) in [6.45, 7) is 6.71. The Morgan fingerprint density at radius 3 is 2.83 bits per heavy atom. The molecule has 150 valence electrons. The standard InChI is InChI=1S/C23H24ClN3O2/c1-14-12-23(2,3)27(4)19-11-18(24)16(9-17(14)19)13-25-26-22(28)21-10-15-7-5-6-8-20(15)29-21/h5-11,13-14H,12H2,1-4H3,(H,26,28)/b25-13+/t14-/m0/s1. The molecular formula is C23H24ClN3O2. The van der Waals surface area contributed by atoms with Crippen molar-refractivity contribution in [1.29, 1.82) is 0 Å². The smallest absolute Gasteiger partial charge is 0.307 e. The second-order valence-electron chi connectivity index (χ2n) is 8.26. The number of furan rings is 1. The van der Waals surface area contributed by atoms with Crippen LogP contribution in [0.4, 0.5) is 5.69 Å². The summed E-state index contributed by atoms with van der Waals surface area (Å²) in [5.41, 5.74) is 6.41. The summed E-state index contributed by atoms with van der Waals surface area (Å²) in [5, 5.41) is 5.56. The van der Waals surface area contributed by atoms with Crippen LogP contribution in [-0.2, 0) is 0 Å². The summed E-state index contributed by atoms with van der Waals surface area (Å²) in [4.78, 5) is 14.6. The molecule has 1 amide bonds. The monoisotopic (exact) mass is 409 g/mol. The van der Waals surface area contributed by atoms with Crippen molar-refractivity contribution in [3.63, 3.8) is 0 Å². The molecular weight excluding hydrogens is 386 g/mol. The van der Waals surface area contributed by atoms with E-state index in [1.54, 1.807) is 12.3 Å². The maximum absolute atomic E-state index is 12.3. The van der Waals surface area contributed by atoms with Gasteiger partial charge in [0.15, 0.2) is 5.76 Å². The minimum atomic E-state index is -0.401. The summed E-state index contributed by atoms with van der Waals surface area (Å²) in [7, 11) is 2.10. The number of carbonyl (C=O) groups is 1. The molecule has 1 aliphatic heterocycles. The molecule has 1 N–H and O–H groups in total. The molecule has 0 bridgehead atoms. The molecule has 0 unspecified atom stereocenters. The molecule has 1 atom stereocenters. The summed E-state index contributed by atoms with van der Waals surface area (Å²) in [6.07, 6.45) is 2.63. The van der Waals surface area contributed by atoms with Crippen LogP contribution in [-0.4, -0.2) is 24.7 Å².